The smallest absolute Gasteiger partial charge is 0.272 e. The quantitative estimate of drug-likeness (QED) is 0.316. The van der Waals surface area contributed by atoms with E-state index in [4.69, 9.17) is 5.73 Å². The zero-order chi connectivity index (χ0) is 27.0. The summed E-state index contributed by atoms with van der Waals surface area (Å²) in [5, 5.41) is 17.1. The fraction of sp³-hybridized carbons (Fsp3) is 0.103. The second-order valence-electron chi connectivity index (χ2n) is 8.82. The lowest BCUT2D eigenvalue weighted by atomic mass is 9.91. The first-order valence-corrected chi connectivity index (χ1v) is 11.7. The van der Waals surface area contributed by atoms with Crippen LogP contribution >= 0.6 is 0 Å². The van der Waals surface area contributed by atoms with Gasteiger partial charge >= 0.3 is 0 Å². The Morgan fingerprint density at radius 1 is 1.05 bits per heavy atom. The van der Waals surface area contributed by atoms with E-state index in [0.717, 1.165) is 10.5 Å². The molecule has 2 heterocycles. The Morgan fingerprint density at radius 3 is 2.39 bits per heavy atom. The van der Waals surface area contributed by atoms with E-state index in [1.165, 1.54) is 6.20 Å². The van der Waals surface area contributed by atoms with Crippen molar-refractivity contribution in [2.24, 2.45) is 10.7 Å². The van der Waals surface area contributed by atoms with Crippen molar-refractivity contribution in [3.05, 3.63) is 116 Å². The van der Waals surface area contributed by atoms with Crippen LogP contribution in [0, 0.1) is 18.3 Å². The van der Waals surface area contributed by atoms with E-state index >= 15 is 0 Å². The van der Waals surface area contributed by atoms with Crippen LogP contribution in [0.1, 0.15) is 48.7 Å². The maximum absolute atomic E-state index is 12.9. The largest absolute Gasteiger partial charge is 0.404 e. The fourth-order valence-corrected chi connectivity index (χ4v) is 4.70. The summed E-state index contributed by atoms with van der Waals surface area (Å²) in [6, 6.07) is 19.4. The molecule has 186 valence electrons. The molecule has 38 heavy (non-hydrogen) atoms. The molecule has 1 aromatic heterocycles. The molecule has 3 aromatic carbocycles. The van der Waals surface area contributed by atoms with E-state index in [2.05, 4.69) is 21.3 Å². The van der Waals surface area contributed by atoms with Crippen LogP contribution in [0.15, 0.2) is 76.7 Å². The van der Waals surface area contributed by atoms with Crippen LogP contribution < -0.4 is 11.3 Å². The first-order chi connectivity index (χ1) is 18.4. The summed E-state index contributed by atoms with van der Waals surface area (Å²) in [4.78, 5) is 44.0. The van der Waals surface area contributed by atoms with Gasteiger partial charge in [-0.15, -0.1) is 0 Å². The van der Waals surface area contributed by atoms with Crippen LogP contribution in [0.3, 0.4) is 0 Å². The van der Waals surface area contributed by atoms with Crippen LogP contribution in [0.25, 0.3) is 16.3 Å². The zero-order valence-electron chi connectivity index (χ0n) is 20.6. The average Bonchev–Trinajstić information content (AvgIpc) is 3.18. The lowest BCUT2D eigenvalue weighted by molar-refractivity contribution is 0.0640. The van der Waals surface area contributed by atoms with E-state index < -0.39 is 17.4 Å². The van der Waals surface area contributed by atoms with Crippen molar-refractivity contribution in [1.29, 1.82) is 5.26 Å². The van der Waals surface area contributed by atoms with E-state index in [1.807, 2.05) is 19.1 Å². The van der Waals surface area contributed by atoms with Crippen molar-refractivity contribution in [2.75, 3.05) is 7.05 Å². The number of nitrogens with one attached hydrogen (secondary N) is 1. The number of aliphatic imine (C=N–C) groups is 1. The van der Waals surface area contributed by atoms with E-state index in [-0.39, 0.29) is 6.54 Å². The van der Waals surface area contributed by atoms with Gasteiger partial charge in [0.15, 0.2) is 0 Å². The molecule has 0 aliphatic carbocycles. The minimum Gasteiger partial charge on any atom is -0.404 e. The molecule has 1 aliphatic heterocycles. The molecular weight excluding hydrogens is 480 g/mol. The first-order valence-electron chi connectivity index (χ1n) is 11.7. The fourth-order valence-electron chi connectivity index (χ4n) is 4.70. The van der Waals surface area contributed by atoms with Crippen LogP contribution in [0.4, 0.5) is 0 Å². The molecule has 0 saturated carbocycles. The zero-order valence-corrected chi connectivity index (χ0v) is 20.6. The summed E-state index contributed by atoms with van der Waals surface area (Å²) in [5.74, 6) is -0.844. The molecule has 5 rings (SSSR count). The molecule has 1 aliphatic rings. The Labute approximate surface area is 217 Å². The highest BCUT2D eigenvalue weighted by atomic mass is 16.2. The highest BCUT2D eigenvalue weighted by Crippen LogP contribution is 2.28. The predicted molar refractivity (Wildman–Crippen MR) is 144 cm³/mol. The van der Waals surface area contributed by atoms with E-state index in [0.29, 0.717) is 55.6 Å². The third kappa shape index (κ3) is 3.94. The highest BCUT2D eigenvalue weighted by molar-refractivity contribution is 6.32. The number of hydrogen-bond donors (Lipinski definition) is 2. The molecule has 2 amide bonds. The lowest BCUT2D eigenvalue weighted by Gasteiger charge is -2.16. The Morgan fingerprint density at radius 2 is 1.76 bits per heavy atom. The van der Waals surface area contributed by atoms with Gasteiger partial charge in [-0.05, 0) is 48.4 Å². The van der Waals surface area contributed by atoms with Gasteiger partial charge in [0.1, 0.15) is 0 Å². The van der Waals surface area contributed by atoms with Gasteiger partial charge in [0.25, 0.3) is 17.4 Å². The van der Waals surface area contributed by atoms with Gasteiger partial charge in [-0.25, -0.2) is 5.10 Å². The molecule has 0 saturated heterocycles. The van der Waals surface area contributed by atoms with Crippen molar-refractivity contribution in [1.82, 2.24) is 15.1 Å². The first kappa shape index (κ1) is 24.3. The number of nitrogens with two attached hydrogens (primary N) is 1. The minimum absolute atomic E-state index is 0.129. The minimum atomic E-state index is -0.422. The van der Waals surface area contributed by atoms with Gasteiger partial charge in [-0.2, -0.15) is 10.4 Å². The number of amides is 2. The molecule has 9 heteroatoms. The summed E-state index contributed by atoms with van der Waals surface area (Å²) in [6.45, 7) is 1.77. The number of benzene rings is 3. The number of imide groups is 1. The number of hydrogen-bond acceptors (Lipinski definition) is 7. The normalized spacial score (nSPS) is 13.7. The molecule has 0 bridgehead atoms. The molecule has 4 aromatic rings. The molecule has 0 atom stereocenters. The SMILES string of the molecule is CN=C(/C(=C\N)c1ccc2c(=O)[nH]nc(CN3C(=O)c4ccccc4C3=O)c2c1)c1ccc(C)cc1C#N. The number of rotatable bonds is 5. The van der Waals surface area contributed by atoms with Gasteiger partial charge in [0, 0.05) is 29.8 Å². The number of aromatic nitrogens is 2. The van der Waals surface area contributed by atoms with E-state index in [1.54, 1.807) is 55.6 Å². The Balaban J connectivity index is 1.60. The third-order valence-electron chi connectivity index (χ3n) is 6.56. The monoisotopic (exact) mass is 502 g/mol. The maximum atomic E-state index is 12.9. The Bertz CT molecular complexity index is 1770. The van der Waals surface area contributed by atoms with Gasteiger partial charge in [-0.3, -0.25) is 24.3 Å². The van der Waals surface area contributed by atoms with Gasteiger partial charge in [0.2, 0.25) is 0 Å². The molecule has 0 radical (unpaired) electrons. The molecule has 0 fully saturated rings. The van der Waals surface area contributed by atoms with Gasteiger partial charge in [0.05, 0.1) is 46.1 Å². The van der Waals surface area contributed by atoms with Crippen LogP contribution in [0.2, 0.25) is 0 Å². The molecular formula is C29H22N6O3. The van der Waals surface area contributed by atoms with Gasteiger partial charge < -0.3 is 5.73 Å². The number of nitrogens with zero attached hydrogens (tertiary/aromatic N) is 4. The van der Waals surface area contributed by atoms with Crippen LogP contribution in [-0.2, 0) is 6.54 Å². The Hall–Kier alpha value is -5.36. The number of fused-ring (bicyclic) bond motifs is 2. The number of nitriles is 1. The predicted octanol–water partition coefficient (Wildman–Crippen LogP) is 3.32. The summed E-state index contributed by atoms with van der Waals surface area (Å²) < 4.78 is 0. The second kappa shape index (κ2) is 9.59. The number of H-pyrrole nitrogens is 1. The number of aromatic amines is 1. The number of aryl methyl sites for hydroxylation is 1. The Kier molecular flexibility index (Phi) is 6.15. The third-order valence-corrected chi connectivity index (χ3v) is 6.56. The molecule has 9 nitrogen and oxygen atoms in total. The topological polar surface area (TPSA) is 145 Å². The summed E-state index contributed by atoms with van der Waals surface area (Å²) in [6.07, 6.45) is 1.40. The van der Waals surface area contributed by atoms with Crippen LogP contribution in [-0.4, -0.2) is 39.7 Å². The number of carbonyl (C=O) groups is 2. The standard InChI is InChI=1S/C29H22N6O3/c1-16-7-9-19(18(11-16)13-30)26(32-2)24(14-31)17-8-10-20-23(12-17)25(33-34-27(20)36)15-35-28(37)21-5-3-4-6-22(21)29(35)38/h3-12,14H,15,31H2,1-2H3,(H,34,36)/b24-14-,32-26?. The molecule has 0 unspecified atom stereocenters. The highest BCUT2D eigenvalue weighted by Gasteiger charge is 2.35. The van der Waals surface area contributed by atoms with Crippen molar-refractivity contribution < 1.29 is 9.59 Å². The number of allylic oxidation sites excluding steroid dienone is 1. The van der Waals surface area contributed by atoms with Gasteiger partial charge in [-0.1, -0.05) is 30.3 Å². The summed E-state index contributed by atoms with van der Waals surface area (Å²) in [5.41, 5.74) is 10.3. The lowest BCUT2D eigenvalue weighted by Crippen LogP contribution is -2.30. The molecule has 0 spiro atoms. The van der Waals surface area contributed by atoms with Crippen molar-refractivity contribution >= 4 is 33.9 Å². The van der Waals surface area contributed by atoms with Crippen LogP contribution in [0.5, 0.6) is 0 Å². The van der Waals surface area contributed by atoms with Crippen molar-refractivity contribution in [3.63, 3.8) is 0 Å². The number of carbonyl (C=O) groups excluding carboxylic acids is 2. The molecule has 3 N–H and O–H groups in total. The van der Waals surface area contributed by atoms with Crippen molar-refractivity contribution in [3.8, 4) is 6.07 Å². The second-order valence-corrected chi connectivity index (χ2v) is 8.82. The average molecular weight is 503 g/mol. The summed E-state index contributed by atoms with van der Waals surface area (Å²) >= 11 is 0. The maximum Gasteiger partial charge on any atom is 0.272 e. The van der Waals surface area contributed by atoms with E-state index in [9.17, 15) is 19.6 Å². The summed E-state index contributed by atoms with van der Waals surface area (Å²) in [7, 11) is 1.61. The van der Waals surface area contributed by atoms with Crippen molar-refractivity contribution in [2.45, 2.75) is 13.5 Å².